The van der Waals surface area contributed by atoms with E-state index in [2.05, 4.69) is 52.4 Å². The van der Waals surface area contributed by atoms with E-state index in [1.165, 1.54) is 12.0 Å². The van der Waals surface area contributed by atoms with E-state index in [1.54, 1.807) is 0 Å². The molecule has 2 fully saturated rings. The standard InChI is InChI=1S/C22H35N5O.HI/c1-2-24-22(27-15-11-19(17-27)18-8-4-3-5-9-18)25-12-7-14-26-13-6-10-20(16-26)21(23)28;/h3-5,8-9,19-20H,2,6-7,10-17H2,1H3,(H2,23,28)(H,24,25);1H. The Labute approximate surface area is 192 Å². The number of carbonyl (C=O) groups excluding carboxylic acids is 1. The van der Waals surface area contributed by atoms with E-state index in [-0.39, 0.29) is 35.8 Å². The van der Waals surface area contributed by atoms with Crippen LogP contribution in [0.5, 0.6) is 0 Å². The normalized spacial score (nSPS) is 22.9. The molecule has 0 bridgehead atoms. The van der Waals surface area contributed by atoms with Crippen LogP contribution >= 0.6 is 24.0 Å². The number of carbonyl (C=O) groups is 1. The average molecular weight is 513 g/mol. The Hall–Kier alpha value is -1.35. The fraction of sp³-hybridized carbons (Fsp3) is 0.636. The number of hydrogen-bond donors (Lipinski definition) is 2. The molecule has 162 valence electrons. The number of likely N-dealkylation sites (tertiary alicyclic amines) is 2. The number of piperidine rings is 1. The lowest BCUT2D eigenvalue weighted by Crippen LogP contribution is -2.42. The van der Waals surface area contributed by atoms with E-state index >= 15 is 0 Å². The minimum absolute atomic E-state index is 0. The van der Waals surface area contributed by atoms with Crippen molar-refractivity contribution in [1.82, 2.24) is 15.1 Å². The molecule has 2 atom stereocenters. The maximum atomic E-state index is 11.4. The Morgan fingerprint density at radius 3 is 2.72 bits per heavy atom. The van der Waals surface area contributed by atoms with Gasteiger partial charge in [-0.1, -0.05) is 30.3 Å². The van der Waals surface area contributed by atoms with Crippen molar-refractivity contribution in [3.8, 4) is 0 Å². The van der Waals surface area contributed by atoms with Gasteiger partial charge in [-0.2, -0.15) is 0 Å². The summed E-state index contributed by atoms with van der Waals surface area (Å²) in [5.74, 6) is 1.49. The van der Waals surface area contributed by atoms with Crippen LogP contribution in [-0.2, 0) is 4.79 Å². The second kappa shape index (κ2) is 12.4. The summed E-state index contributed by atoms with van der Waals surface area (Å²) in [6.07, 6.45) is 4.19. The van der Waals surface area contributed by atoms with Crippen LogP contribution in [0.25, 0.3) is 0 Å². The van der Waals surface area contributed by atoms with Gasteiger partial charge in [-0.25, -0.2) is 0 Å². The van der Waals surface area contributed by atoms with Gasteiger partial charge in [-0.3, -0.25) is 9.79 Å². The van der Waals surface area contributed by atoms with Crippen molar-refractivity contribution in [3.05, 3.63) is 35.9 Å². The zero-order chi connectivity index (χ0) is 19.8. The average Bonchev–Trinajstić information content (AvgIpc) is 3.21. The molecule has 2 aliphatic heterocycles. The number of halogens is 1. The van der Waals surface area contributed by atoms with E-state index in [1.807, 2.05) is 0 Å². The van der Waals surface area contributed by atoms with Gasteiger partial charge in [-0.05, 0) is 51.3 Å². The Morgan fingerprint density at radius 2 is 2.00 bits per heavy atom. The molecule has 1 aromatic carbocycles. The number of guanidine groups is 1. The molecular formula is C22H36IN5O. The molecular weight excluding hydrogens is 477 g/mol. The number of amides is 1. The number of primary amides is 1. The molecule has 0 spiro atoms. The molecule has 0 aliphatic carbocycles. The fourth-order valence-electron chi connectivity index (χ4n) is 4.35. The van der Waals surface area contributed by atoms with E-state index < -0.39 is 0 Å². The van der Waals surface area contributed by atoms with Crippen LogP contribution in [0.15, 0.2) is 35.3 Å². The molecule has 2 unspecified atom stereocenters. The molecule has 3 N–H and O–H groups in total. The van der Waals surface area contributed by atoms with Crippen LogP contribution in [-0.4, -0.2) is 67.5 Å². The van der Waals surface area contributed by atoms with Crippen LogP contribution < -0.4 is 11.1 Å². The Bertz CT molecular complexity index is 654. The highest BCUT2D eigenvalue weighted by Gasteiger charge is 2.26. The fourth-order valence-corrected chi connectivity index (χ4v) is 4.35. The second-order valence-corrected chi connectivity index (χ2v) is 7.97. The summed E-state index contributed by atoms with van der Waals surface area (Å²) in [6.45, 7) is 8.77. The molecule has 1 aromatic rings. The van der Waals surface area contributed by atoms with Crippen molar-refractivity contribution >= 4 is 35.8 Å². The second-order valence-electron chi connectivity index (χ2n) is 7.97. The summed E-state index contributed by atoms with van der Waals surface area (Å²) in [5.41, 5.74) is 6.90. The molecule has 0 saturated carbocycles. The molecule has 7 heteroatoms. The third-order valence-electron chi connectivity index (χ3n) is 5.90. The first kappa shape index (κ1) is 23.9. The molecule has 6 nitrogen and oxygen atoms in total. The quantitative estimate of drug-likeness (QED) is 0.255. The molecule has 0 aromatic heterocycles. The number of benzene rings is 1. The van der Waals surface area contributed by atoms with Crippen molar-refractivity contribution < 1.29 is 4.79 Å². The maximum Gasteiger partial charge on any atom is 0.221 e. The summed E-state index contributed by atoms with van der Waals surface area (Å²) in [4.78, 5) is 21.1. The number of aliphatic imine (C=N–C) groups is 1. The van der Waals surface area contributed by atoms with E-state index in [9.17, 15) is 4.79 Å². The van der Waals surface area contributed by atoms with Crippen molar-refractivity contribution in [1.29, 1.82) is 0 Å². The molecule has 1 amide bonds. The van der Waals surface area contributed by atoms with Gasteiger partial charge >= 0.3 is 0 Å². The number of hydrogen-bond acceptors (Lipinski definition) is 3. The Kier molecular flexibility index (Phi) is 10.2. The molecule has 2 aliphatic rings. The Balaban J connectivity index is 0.00000300. The van der Waals surface area contributed by atoms with Gasteiger partial charge in [0.2, 0.25) is 5.91 Å². The first-order valence-electron chi connectivity index (χ1n) is 10.8. The number of nitrogens with two attached hydrogens (primary N) is 1. The van der Waals surface area contributed by atoms with Gasteiger partial charge in [0.15, 0.2) is 5.96 Å². The minimum Gasteiger partial charge on any atom is -0.369 e. The summed E-state index contributed by atoms with van der Waals surface area (Å²) < 4.78 is 0. The highest BCUT2D eigenvalue weighted by atomic mass is 127. The predicted molar refractivity (Wildman–Crippen MR) is 130 cm³/mol. The predicted octanol–water partition coefficient (Wildman–Crippen LogP) is 2.65. The third-order valence-corrected chi connectivity index (χ3v) is 5.90. The zero-order valence-corrected chi connectivity index (χ0v) is 19.9. The van der Waals surface area contributed by atoms with E-state index in [0.717, 1.165) is 71.0 Å². The van der Waals surface area contributed by atoms with Crippen molar-refractivity contribution in [2.75, 3.05) is 45.8 Å². The van der Waals surface area contributed by atoms with E-state index in [4.69, 9.17) is 10.7 Å². The van der Waals surface area contributed by atoms with Crippen LogP contribution in [0, 0.1) is 5.92 Å². The summed E-state index contributed by atoms with van der Waals surface area (Å²) in [6, 6.07) is 10.8. The highest BCUT2D eigenvalue weighted by Crippen LogP contribution is 2.26. The lowest BCUT2D eigenvalue weighted by Gasteiger charge is -2.30. The highest BCUT2D eigenvalue weighted by molar-refractivity contribution is 14.0. The van der Waals surface area contributed by atoms with Gasteiger partial charge in [0, 0.05) is 38.6 Å². The Morgan fingerprint density at radius 1 is 1.21 bits per heavy atom. The smallest absolute Gasteiger partial charge is 0.221 e. The van der Waals surface area contributed by atoms with Crippen molar-refractivity contribution in [2.45, 2.75) is 38.5 Å². The monoisotopic (exact) mass is 513 g/mol. The van der Waals surface area contributed by atoms with Crippen LogP contribution in [0.4, 0.5) is 0 Å². The lowest BCUT2D eigenvalue weighted by molar-refractivity contribution is -0.123. The number of rotatable bonds is 7. The third kappa shape index (κ3) is 7.13. The number of nitrogens with zero attached hydrogens (tertiary/aromatic N) is 3. The zero-order valence-electron chi connectivity index (χ0n) is 17.6. The summed E-state index contributed by atoms with van der Waals surface area (Å²) in [7, 11) is 0. The lowest BCUT2D eigenvalue weighted by atomic mass is 9.97. The van der Waals surface area contributed by atoms with E-state index in [0.29, 0.717) is 5.92 Å². The summed E-state index contributed by atoms with van der Waals surface area (Å²) >= 11 is 0. The molecule has 3 rings (SSSR count). The molecule has 2 saturated heterocycles. The van der Waals surface area contributed by atoms with Gasteiger partial charge < -0.3 is 20.9 Å². The molecule has 29 heavy (non-hydrogen) atoms. The van der Waals surface area contributed by atoms with Crippen molar-refractivity contribution in [2.24, 2.45) is 16.6 Å². The minimum atomic E-state index is -0.154. The largest absolute Gasteiger partial charge is 0.369 e. The molecule has 2 heterocycles. The van der Waals surface area contributed by atoms with Crippen LogP contribution in [0.3, 0.4) is 0 Å². The topological polar surface area (TPSA) is 74.0 Å². The van der Waals surface area contributed by atoms with Gasteiger partial charge in [0.05, 0.1) is 5.92 Å². The summed E-state index contributed by atoms with van der Waals surface area (Å²) in [5, 5.41) is 3.46. The first-order chi connectivity index (χ1) is 13.7. The van der Waals surface area contributed by atoms with Crippen molar-refractivity contribution in [3.63, 3.8) is 0 Å². The van der Waals surface area contributed by atoms with Gasteiger partial charge in [-0.15, -0.1) is 24.0 Å². The van der Waals surface area contributed by atoms with Crippen LogP contribution in [0.2, 0.25) is 0 Å². The van der Waals surface area contributed by atoms with Gasteiger partial charge in [0.1, 0.15) is 0 Å². The number of nitrogens with one attached hydrogen (secondary N) is 1. The first-order valence-corrected chi connectivity index (χ1v) is 10.8. The van der Waals surface area contributed by atoms with Gasteiger partial charge in [0.25, 0.3) is 0 Å². The molecule has 0 radical (unpaired) electrons. The van der Waals surface area contributed by atoms with Crippen LogP contribution in [0.1, 0.15) is 44.1 Å². The maximum absolute atomic E-state index is 11.4. The SMILES string of the molecule is CCNC(=NCCCN1CCCC(C(N)=O)C1)N1CCC(c2ccccc2)C1.I.